The zero-order valence-corrected chi connectivity index (χ0v) is 16.5. The van der Waals surface area contributed by atoms with Gasteiger partial charge in [-0.3, -0.25) is 9.48 Å². The van der Waals surface area contributed by atoms with Crippen molar-refractivity contribution >= 4 is 5.91 Å². The molecule has 1 aromatic carbocycles. The van der Waals surface area contributed by atoms with Crippen LogP contribution in [0.5, 0.6) is 11.5 Å². The highest BCUT2D eigenvalue weighted by atomic mass is 16.5. The first-order valence-corrected chi connectivity index (χ1v) is 9.22. The highest BCUT2D eigenvalue weighted by Crippen LogP contribution is 2.32. The molecule has 7 nitrogen and oxygen atoms in total. The van der Waals surface area contributed by atoms with Crippen molar-refractivity contribution in [2.75, 3.05) is 34.4 Å². The number of amides is 1. The van der Waals surface area contributed by atoms with Gasteiger partial charge < -0.3 is 19.3 Å². The van der Waals surface area contributed by atoms with Crippen molar-refractivity contribution in [3.8, 4) is 11.5 Å². The van der Waals surface area contributed by atoms with Gasteiger partial charge in [-0.05, 0) is 45.1 Å². The van der Waals surface area contributed by atoms with Crippen molar-refractivity contribution in [2.24, 2.45) is 7.05 Å². The van der Waals surface area contributed by atoms with Crippen molar-refractivity contribution < 1.29 is 14.3 Å². The maximum absolute atomic E-state index is 12.8. The zero-order chi connectivity index (χ0) is 19.4. The van der Waals surface area contributed by atoms with Crippen molar-refractivity contribution in [2.45, 2.75) is 25.4 Å². The first-order valence-electron chi connectivity index (χ1n) is 9.22. The Bertz CT molecular complexity index is 787. The average molecular weight is 372 g/mol. The molecule has 0 bridgehead atoms. The number of aromatic nitrogens is 2. The number of benzene rings is 1. The van der Waals surface area contributed by atoms with Crippen LogP contribution in [0.2, 0.25) is 0 Å². The Morgan fingerprint density at radius 3 is 2.74 bits per heavy atom. The summed E-state index contributed by atoms with van der Waals surface area (Å²) in [4.78, 5) is 16.8. The predicted octanol–water partition coefficient (Wildman–Crippen LogP) is 2.23. The first kappa shape index (κ1) is 19.2. The largest absolute Gasteiger partial charge is 0.493 e. The normalized spacial score (nSPS) is 16.8. The van der Waals surface area contributed by atoms with E-state index in [1.54, 1.807) is 13.2 Å². The van der Waals surface area contributed by atoms with Crippen LogP contribution in [0.25, 0.3) is 0 Å². The molecule has 1 saturated heterocycles. The summed E-state index contributed by atoms with van der Waals surface area (Å²) in [5.74, 6) is 1.18. The maximum atomic E-state index is 12.8. The number of nitrogens with zero attached hydrogens (tertiary/aromatic N) is 4. The number of ether oxygens (including phenoxy) is 2. The standard InChI is InChI=1S/C20H28N4O3/c1-22(2)13-15-12-16(21-23(15)3)17-8-7-11-24(17)20(25)14-27-19-10-6-5-9-18(19)26-4/h5-6,9-10,12,17H,7-8,11,13-14H2,1-4H3. The van der Waals surface area contributed by atoms with Gasteiger partial charge in [-0.1, -0.05) is 12.1 Å². The van der Waals surface area contributed by atoms with E-state index < -0.39 is 0 Å². The Labute approximate surface area is 160 Å². The molecule has 0 saturated carbocycles. The summed E-state index contributed by atoms with van der Waals surface area (Å²) in [7, 11) is 7.61. The van der Waals surface area contributed by atoms with Gasteiger partial charge in [0.25, 0.3) is 5.91 Å². The molecule has 7 heteroatoms. The van der Waals surface area contributed by atoms with Gasteiger partial charge in [0.1, 0.15) is 0 Å². The lowest BCUT2D eigenvalue weighted by Gasteiger charge is -2.23. The van der Waals surface area contributed by atoms with E-state index in [0.717, 1.165) is 37.3 Å². The topological polar surface area (TPSA) is 59.8 Å². The maximum Gasteiger partial charge on any atom is 0.261 e. The minimum atomic E-state index is -0.0248. The molecule has 1 atom stereocenters. The average Bonchev–Trinajstić information content (AvgIpc) is 3.26. The van der Waals surface area contributed by atoms with Crippen LogP contribution < -0.4 is 9.47 Å². The predicted molar refractivity (Wildman–Crippen MR) is 103 cm³/mol. The number of carbonyl (C=O) groups excluding carboxylic acids is 1. The number of hydrogen-bond donors (Lipinski definition) is 0. The molecular weight excluding hydrogens is 344 g/mol. The second kappa shape index (κ2) is 8.43. The van der Waals surface area contributed by atoms with Crippen molar-refractivity contribution in [1.29, 1.82) is 0 Å². The smallest absolute Gasteiger partial charge is 0.261 e. The van der Waals surface area contributed by atoms with E-state index in [2.05, 4.69) is 16.1 Å². The molecule has 1 fully saturated rings. The van der Waals surface area contributed by atoms with E-state index in [0.29, 0.717) is 11.5 Å². The highest BCUT2D eigenvalue weighted by Gasteiger charge is 2.32. The van der Waals surface area contributed by atoms with Gasteiger partial charge in [0, 0.05) is 20.1 Å². The number of para-hydroxylation sites is 2. The molecule has 2 heterocycles. The summed E-state index contributed by atoms with van der Waals surface area (Å²) in [6.07, 6.45) is 1.91. The van der Waals surface area contributed by atoms with Crippen molar-refractivity contribution in [3.05, 3.63) is 41.7 Å². The van der Waals surface area contributed by atoms with Gasteiger partial charge in [0.2, 0.25) is 0 Å². The van der Waals surface area contributed by atoms with Crippen LogP contribution in [-0.4, -0.2) is 59.8 Å². The molecule has 0 spiro atoms. The molecular formula is C20H28N4O3. The monoisotopic (exact) mass is 372 g/mol. The van der Waals surface area contributed by atoms with Gasteiger partial charge in [-0.15, -0.1) is 0 Å². The van der Waals surface area contributed by atoms with Crippen LogP contribution >= 0.6 is 0 Å². The Morgan fingerprint density at radius 2 is 2.04 bits per heavy atom. The zero-order valence-electron chi connectivity index (χ0n) is 16.5. The third-order valence-electron chi connectivity index (χ3n) is 4.81. The highest BCUT2D eigenvalue weighted by molar-refractivity contribution is 5.78. The SMILES string of the molecule is COc1ccccc1OCC(=O)N1CCCC1c1cc(CN(C)C)n(C)n1. The van der Waals surface area contributed by atoms with Crippen LogP contribution in [0.4, 0.5) is 0 Å². The van der Waals surface area contributed by atoms with E-state index >= 15 is 0 Å². The lowest BCUT2D eigenvalue weighted by Crippen LogP contribution is -2.34. The second-order valence-corrected chi connectivity index (χ2v) is 7.11. The summed E-state index contributed by atoms with van der Waals surface area (Å²) in [6, 6.07) is 9.48. The fourth-order valence-electron chi connectivity index (χ4n) is 3.50. The van der Waals surface area contributed by atoms with Gasteiger partial charge >= 0.3 is 0 Å². The van der Waals surface area contributed by atoms with Crippen LogP contribution in [0, 0.1) is 0 Å². The Kier molecular flexibility index (Phi) is 6.01. The number of hydrogen-bond acceptors (Lipinski definition) is 5. The lowest BCUT2D eigenvalue weighted by molar-refractivity contribution is -0.134. The molecule has 0 N–H and O–H groups in total. The molecule has 1 unspecified atom stereocenters. The van der Waals surface area contributed by atoms with Gasteiger partial charge in [0.05, 0.1) is 24.5 Å². The minimum Gasteiger partial charge on any atom is -0.493 e. The summed E-state index contributed by atoms with van der Waals surface area (Å²) in [6.45, 7) is 1.55. The quantitative estimate of drug-likeness (QED) is 0.746. The third-order valence-corrected chi connectivity index (χ3v) is 4.81. The summed E-state index contributed by atoms with van der Waals surface area (Å²) in [5, 5.41) is 4.66. The Balaban J connectivity index is 1.68. The fourth-order valence-corrected chi connectivity index (χ4v) is 3.50. The molecule has 1 aliphatic heterocycles. The summed E-state index contributed by atoms with van der Waals surface area (Å²) in [5.41, 5.74) is 2.09. The molecule has 1 amide bonds. The van der Waals surface area contributed by atoms with Gasteiger partial charge in [-0.2, -0.15) is 5.10 Å². The van der Waals surface area contributed by atoms with Gasteiger partial charge in [0.15, 0.2) is 18.1 Å². The number of likely N-dealkylation sites (tertiary alicyclic amines) is 1. The molecule has 3 rings (SSSR count). The molecule has 1 aliphatic rings. The van der Waals surface area contributed by atoms with Crippen LogP contribution in [0.3, 0.4) is 0 Å². The number of rotatable bonds is 7. The number of aryl methyl sites for hydroxylation is 1. The van der Waals surface area contributed by atoms with E-state index in [1.165, 1.54) is 0 Å². The molecule has 0 aliphatic carbocycles. The molecule has 2 aromatic rings. The van der Waals surface area contributed by atoms with E-state index in [1.807, 2.05) is 48.9 Å². The van der Waals surface area contributed by atoms with Crippen LogP contribution in [0.1, 0.15) is 30.3 Å². The van der Waals surface area contributed by atoms with Gasteiger partial charge in [-0.25, -0.2) is 0 Å². The second-order valence-electron chi connectivity index (χ2n) is 7.11. The molecule has 146 valence electrons. The Hall–Kier alpha value is -2.54. The third kappa shape index (κ3) is 4.42. The van der Waals surface area contributed by atoms with Crippen LogP contribution in [-0.2, 0) is 18.4 Å². The number of methoxy groups -OCH3 is 1. The number of carbonyl (C=O) groups is 1. The fraction of sp³-hybridized carbons (Fsp3) is 0.500. The molecule has 27 heavy (non-hydrogen) atoms. The van der Waals surface area contributed by atoms with E-state index in [9.17, 15) is 4.79 Å². The lowest BCUT2D eigenvalue weighted by atomic mass is 10.1. The van der Waals surface area contributed by atoms with Crippen molar-refractivity contribution in [1.82, 2.24) is 19.6 Å². The summed E-state index contributed by atoms with van der Waals surface area (Å²) >= 11 is 0. The van der Waals surface area contributed by atoms with E-state index in [-0.39, 0.29) is 18.6 Å². The molecule has 0 radical (unpaired) electrons. The summed E-state index contributed by atoms with van der Waals surface area (Å²) < 4.78 is 12.9. The van der Waals surface area contributed by atoms with E-state index in [4.69, 9.17) is 9.47 Å². The molecule has 1 aromatic heterocycles. The van der Waals surface area contributed by atoms with Crippen LogP contribution in [0.15, 0.2) is 30.3 Å². The first-order chi connectivity index (χ1) is 13.0. The Morgan fingerprint density at radius 1 is 1.30 bits per heavy atom. The van der Waals surface area contributed by atoms with Crippen molar-refractivity contribution in [3.63, 3.8) is 0 Å². The minimum absolute atomic E-state index is 0.00569.